The van der Waals surface area contributed by atoms with E-state index in [1.165, 1.54) is 12.8 Å². The Balaban J connectivity index is 2.09. The zero-order valence-electron chi connectivity index (χ0n) is 10.8. The smallest absolute Gasteiger partial charge is 0.139 e. The van der Waals surface area contributed by atoms with E-state index >= 15 is 0 Å². The van der Waals surface area contributed by atoms with Gasteiger partial charge in [-0.1, -0.05) is 42.6 Å². The quantitative estimate of drug-likeness (QED) is 0.674. The predicted molar refractivity (Wildman–Crippen MR) is 79.0 cm³/mol. The summed E-state index contributed by atoms with van der Waals surface area (Å²) in [5.41, 5.74) is 0. The van der Waals surface area contributed by atoms with Crippen molar-refractivity contribution in [3.05, 3.63) is 28.2 Å². The summed E-state index contributed by atoms with van der Waals surface area (Å²) in [5, 5.41) is 4.44. The molecule has 0 aliphatic rings. The first-order valence-electron chi connectivity index (χ1n) is 6.53. The van der Waals surface area contributed by atoms with Crippen molar-refractivity contribution in [3.63, 3.8) is 0 Å². The fourth-order valence-electron chi connectivity index (χ4n) is 1.56. The van der Waals surface area contributed by atoms with E-state index in [1.807, 2.05) is 12.1 Å². The first kappa shape index (κ1) is 15.6. The third kappa shape index (κ3) is 5.94. The Morgan fingerprint density at radius 3 is 2.67 bits per heavy atom. The third-order valence-corrected chi connectivity index (χ3v) is 3.43. The normalized spacial score (nSPS) is 10.6. The van der Waals surface area contributed by atoms with Crippen LogP contribution in [0.1, 0.15) is 32.6 Å². The highest BCUT2D eigenvalue weighted by atomic mass is 35.5. The molecule has 1 rings (SSSR count). The van der Waals surface area contributed by atoms with Gasteiger partial charge in [0.2, 0.25) is 0 Å². The monoisotopic (exact) mass is 289 g/mol. The second-order valence-electron chi connectivity index (χ2n) is 4.21. The molecule has 0 spiro atoms. The van der Waals surface area contributed by atoms with E-state index in [4.69, 9.17) is 27.9 Å². The Labute approximate surface area is 120 Å². The average molecular weight is 290 g/mol. The van der Waals surface area contributed by atoms with Crippen molar-refractivity contribution in [2.24, 2.45) is 0 Å². The molecule has 0 heterocycles. The standard InChI is InChI=1S/C14H21Cl2NO/c1-2-3-9-17-10-4-5-11-18-13-8-6-7-12(15)14(13)16/h6-8,17H,2-5,9-11H2,1H3. The predicted octanol–water partition coefficient (Wildman–Crippen LogP) is 4.54. The van der Waals surface area contributed by atoms with Crippen molar-refractivity contribution in [1.29, 1.82) is 0 Å². The lowest BCUT2D eigenvalue weighted by atomic mass is 10.3. The van der Waals surface area contributed by atoms with E-state index in [0.717, 1.165) is 25.9 Å². The molecule has 1 N–H and O–H groups in total. The number of halogens is 2. The van der Waals surface area contributed by atoms with E-state index in [0.29, 0.717) is 22.4 Å². The van der Waals surface area contributed by atoms with Crippen LogP contribution in [0.4, 0.5) is 0 Å². The molecule has 1 aromatic carbocycles. The molecule has 0 atom stereocenters. The van der Waals surface area contributed by atoms with Gasteiger partial charge < -0.3 is 10.1 Å². The van der Waals surface area contributed by atoms with Gasteiger partial charge in [-0.2, -0.15) is 0 Å². The Bertz CT molecular complexity index is 345. The van der Waals surface area contributed by atoms with Crippen LogP contribution in [0.3, 0.4) is 0 Å². The number of unbranched alkanes of at least 4 members (excludes halogenated alkanes) is 2. The number of hydrogen-bond donors (Lipinski definition) is 1. The molecule has 102 valence electrons. The van der Waals surface area contributed by atoms with E-state index in [1.54, 1.807) is 6.07 Å². The fraction of sp³-hybridized carbons (Fsp3) is 0.571. The first-order chi connectivity index (χ1) is 8.75. The third-order valence-electron chi connectivity index (χ3n) is 2.63. The highest BCUT2D eigenvalue weighted by Crippen LogP contribution is 2.31. The van der Waals surface area contributed by atoms with Crippen LogP contribution in [0.15, 0.2) is 18.2 Å². The Hall–Kier alpha value is -0.440. The molecule has 0 fully saturated rings. The summed E-state index contributed by atoms with van der Waals surface area (Å²) in [6, 6.07) is 5.44. The van der Waals surface area contributed by atoms with Gasteiger partial charge in [0.1, 0.15) is 10.8 Å². The van der Waals surface area contributed by atoms with Gasteiger partial charge in [0.05, 0.1) is 11.6 Å². The second kappa shape index (κ2) is 9.48. The molecule has 0 aliphatic heterocycles. The Morgan fingerprint density at radius 2 is 1.89 bits per heavy atom. The zero-order chi connectivity index (χ0) is 13.2. The summed E-state index contributed by atoms with van der Waals surface area (Å²) in [4.78, 5) is 0. The van der Waals surface area contributed by atoms with Gasteiger partial charge in [-0.3, -0.25) is 0 Å². The van der Waals surface area contributed by atoms with Crippen molar-refractivity contribution in [1.82, 2.24) is 5.32 Å². The SMILES string of the molecule is CCCCNCCCCOc1cccc(Cl)c1Cl. The van der Waals surface area contributed by atoms with E-state index < -0.39 is 0 Å². The molecule has 0 amide bonds. The fourth-order valence-corrected chi connectivity index (χ4v) is 1.90. The number of benzene rings is 1. The van der Waals surface area contributed by atoms with Crippen LogP contribution in [-0.4, -0.2) is 19.7 Å². The topological polar surface area (TPSA) is 21.3 Å². The molecule has 0 unspecified atom stereocenters. The van der Waals surface area contributed by atoms with Crippen molar-refractivity contribution in [3.8, 4) is 5.75 Å². The molecule has 2 nitrogen and oxygen atoms in total. The maximum absolute atomic E-state index is 6.02. The van der Waals surface area contributed by atoms with Crippen molar-refractivity contribution >= 4 is 23.2 Å². The minimum atomic E-state index is 0.500. The van der Waals surface area contributed by atoms with Crippen LogP contribution in [-0.2, 0) is 0 Å². The van der Waals surface area contributed by atoms with Crippen LogP contribution in [0.2, 0.25) is 10.0 Å². The molecule has 0 radical (unpaired) electrons. The van der Waals surface area contributed by atoms with Crippen molar-refractivity contribution in [2.75, 3.05) is 19.7 Å². The number of hydrogen-bond acceptors (Lipinski definition) is 2. The molecule has 18 heavy (non-hydrogen) atoms. The minimum Gasteiger partial charge on any atom is -0.492 e. The van der Waals surface area contributed by atoms with Crippen LogP contribution in [0, 0.1) is 0 Å². The zero-order valence-corrected chi connectivity index (χ0v) is 12.4. The average Bonchev–Trinajstić information content (AvgIpc) is 2.37. The largest absolute Gasteiger partial charge is 0.492 e. The molecule has 0 aliphatic carbocycles. The number of rotatable bonds is 9. The summed E-state index contributed by atoms with van der Waals surface area (Å²) < 4.78 is 5.60. The van der Waals surface area contributed by atoms with Gasteiger partial charge >= 0.3 is 0 Å². The van der Waals surface area contributed by atoms with Crippen LogP contribution >= 0.6 is 23.2 Å². The summed E-state index contributed by atoms with van der Waals surface area (Å²) >= 11 is 11.9. The minimum absolute atomic E-state index is 0.500. The maximum atomic E-state index is 6.02. The van der Waals surface area contributed by atoms with Gasteiger partial charge in [-0.15, -0.1) is 0 Å². The highest BCUT2D eigenvalue weighted by molar-refractivity contribution is 6.42. The summed E-state index contributed by atoms with van der Waals surface area (Å²) in [7, 11) is 0. The summed E-state index contributed by atoms with van der Waals surface area (Å²) in [5.74, 6) is 0.670. The molecule has 0 aromatic heterocycles. The Kier molecular flexibility index (Phi) is 8.23. The summed E-state index contributed by atoms with van der Waals surface area (Å²) in [6.45, 7) is 5.03. The molecule has 0 saturated carbocycles. The lowest BCUT2D eigenvalue weighted by Crippen LogP contribution is -2.17. The van der Waals surface area contributed by atoms with Gasteiger partial charge in [-0.25, -0.2) is 0 Å². The molecule has 1 aromatic rings. The molecule has 0 saturated heterocycles. The van der Waals surface area contributed by atoms with Crippen LogP contribution < -0.4 is 10.1 Å². The highest BCUT2D eigenvalue weighted by Gasteiger charge is 2.04. The van der Waals surface area contributed by atoms with E-state index in [2.05, 4.69) is 12.2 Å². The van der Waals surface area contributed by atoms with Gasteiger partial charge in [0, 0.05) is 0 Å². The number of ether oxygens (including phenoxy) is 1. The Morgan fingerprint density at radius 1 is 1.11 bits per heavy atom. The molecule has 0 bridgehead atoms. The first-order valence-corrected chi connectivity index (χ1v) is 7.28. The van der Waals surface area contributed by atoms with Crippen LogP contribution in [0.5, 0.6) is 5.75 Å². The van der Waals surface area contributed by atoms with E-state index in [9.17, 15) is 0 Å². The molecule has 4 heteroatoms. The molecular weight excluding hydrogens is 269 g/mol. The lowest BCUT2D eigenvalue weighted by molar-refractivity contribution is 0.306. The molecular formula is C14H21Cl2NO. The summed E-state index contributed by atoms with van der Waals surface area (Å²) in [6.07, 6.45) is 4.61. The number of nitrogens with one attached hydrogen (secondary N) is 1. The second-order valence-corrected chi connectivity index (χ2v) is 5.00. The van der Waals surface area contributed by atoms with Gasteiger partial charge in [-0.05, 0) is 44.5 Å². The van der Waals surface area contributed by atoms with Crippen LogP contribution in [0.25, 0.3) is 0 Å². The van der Waals surface area contributed by atoms with Gasteiger partial charge in [0.25, 0.3) is 0 Å². The maximum Gasteiger partial charge on any atom is 0.139 e. The van der Waals surface area contributed by atoms with Gasteiger partial charge in [0.15, 0.2) is 0 Å². The van der Waals surface area contributed by atoms with Crippen molar-refractivity contribution < 1.29 is 4.74 Å². The van der Waals surface area contributed by atoms with Crippen molar-refractivity contribution in [2.45, 2.75) is 32.6 Å². The van der Waals surface area contributed by atoms with E-state index in [-0.39, 0.29) is 0 Å². The lowest BCUT2D eigenvalue weighted by Gasteiger charge is -2.09.